The van der Waals surface area contributed by atoms with Crippen LogP contribution in [0.5, 0.6) is 23.0 Å². The number of esters is 7. The molecular formula is C34H37NO18. The highest BCUT2D eigenvalue weighted by Crippen LogP contribution is 2.38. The van der Waals surface area contributed by atoms with E-state index >= 15 is 0 Å². The van der Waals surface area contributed by atoms with Crippen LogP contribution in [0.2, 0.25) is 0 Å². The van der Waals surface area contributed by atoms with Crippen molar-refractivity contribution in [2.24, 2.45) is 0 Å². The molecule has 1 fully saturated rings. The molecule has 1 aliphatic heterocycles. The zero-order valence-corrected chi connectivity index (χ0v) is 29.8. The highest BCUT2D eigenvalue weighted by atomic mass is 16.7. The predicted octanol–water partition coefficient (Wildman–Crippen LogP) is 2.05. The summed E-state index contributed by atoms with van der Waals surface area (Å²) >= 11 is 0. The van der Waals surface area contributed by atoms with Crippen molar-refractivity contribution in [1.29, 1.82) is 0 Å². The van der Waals surface area contributed by atoms with Crippen LogP contribution in [0.25, 0.3) is 0 Å². The molecule has 286 valence electrons. The lowest BCUT2D eigenvalue weighted by molar-refractivity contribution is -0.288. The molecule has 1 heterocycles. The van der Waals surface area contributed by atoms with Crippen LogP contribution >= 0.6 is 0 Å². The van der Waals surface area contributed by atoms with E-state index < -0.39 is 85.0 Å². The van der Waals surface area contributed by atoms with E-state index in [4.69, 9.17) is 47.4 Å². The molecule has 19 heteroatoms. The Morgan fingerprint density at radius 3 is 1.81 bits per heavy atom. The van der Waals surface area contributed by atoms with Gasteiger partial charge in [-0.3, -0.25) is 33.6 Å². The van der Waals surface area contributed by atoms with Gasteiger partial charge in [0.25, 0.3) is 5.91 Å². The van der Waals surface area contributed by atoms with Crippen molar-refractivity contribution in [2.75, 3.05) is 26.1 Å². The third-order valence-corrected chi connectivity index (χ3v) is 6.87. The van der Waals surface area contributed by atoms with Gasteiger partial charge in [-0.2, -0.15) is 0 Å². The molecule has 0 radical (unpaired) electrons. The summed E-state index contributed by atoms with van der Waals surface area (Å²) < 4.78 is 53.8. The molecule has 0 bridgehead atoms. The van der Waals surface area contributed by atoms with Crippen LogP contribution in [0.1, 0.15) is 62.3 Å². The molecule has 0 spiro atoms. The molecule has 0 saturated carbocycles. The number of ether oxygens (including phenoxy) is 10. The Balaban J connectivity index is 2.18. The second kappa shape index (κ2) is 18.3. The third-order valence-electron chi connectivity index (χ3n) is 6.87. The van der Waals surface area contributed by atoms with Gasteiger partial charge in [0, 0.05) is 41.5 Å². The molecule has 1 amide bonds. The highest BCUT2D eigenvalue weighted by molar-refractivity contribution is 6.10. The lowest BCUT2D eigenvalue weighted by atomic mass is 9.98. The van der Waals surface area contributed by atoms with Crippen molar-refractivity contribution in [3.05, 3.63) is 41.5 Å². The average Bonchev–Trinajstić information content (AvgIpc) is 3.06. The summed E-state index contributed by atoms with van der Waals surface area (Å²) in [7, 11) is 2.25. The summed E-state index contributed by atoms with van der Waals surface area (Å²) in [5.41, 5.74) is -0.901. The van der Waals surface area contributed by atoms with Crippen LogP contribution in [0, 0.1) is 0 Å². The SMILES string of the molecule is COC(=O)c1c(NC(=O)c2cc(OC(C)=O)ccc2O[C@@H]2O[C@H](COC(C)=O)[C@@H](OC(C)=O)[C@H](OC(C)=O)[C@H]2OC(C)=O)ccc(OC(C)=O)c1OC. The molecule has 2 aromatic rings. The lowest BCUT2D eigenvalue weighted by Crippen LogP contribution is -2.63. The molecule has 0 aliphatic carbocycles. The predicted molar refractivity (Wildman–Crippen MR) is 174 cm³/mol. The molecule has 53 heavy (non-hydrogen) atoms. The number of rotatable bonds is 13. The number of hydrogen-bond donors (Lipinski definition) is 1. The molecule has 0 aromatic heterocycles. The van der Waals surface area contributed by atoms with Crippen molar-refractivity contribution < 1.29 is 85.7 Å². The first-order valence-corrected chi connectivity index (χ1v) is 15.5. The summed E-state index contributed by atoms with van der Waals surface area (Å²) in [6.45, 7) is 5.89. The fourth-order valence-corrected chi connectivity index (χ4v) is 5.03. The molecule has 5 atom stereocenters. The van der Waals surface area contributed by atoms with Crippen LogP contribution in [-0.2, 0) is 57.2 Å². The summed E-state index contributed by atoms with van der Waals surface area (Å²) in [5, 5.41) is 2.51. The highest BCUT2D eigenvalue weighted by Gasteiger charge is 2.53. The van der Waals surface area contributed by atoms with E-state index in [1.807, 2.05) is 0 Å². The topological polar surface area (TPSA) is 241 Å². The van der Waals surface area contributed by atoms with Gasteiger partial charge in [0.05, 0.1) is 25.5 Å². The first-order chi connectivity index (χ1) is 24.9. The zero-order chi connectivity index (χ0) is 39.6. The van der Waals surface area contributed by atoms with E-state index in [0.717, 1.165) is 54.7 Å². The Hall–Kier alpha value is -6.24. The smallest absolute Gasteiger partial charge is 0.343 e. The van der Waals surface area contributed by atoms with E-state index in [1.54, 1.807) is 0 Å². The Morgan fingerprint density at radius 1 is 0.679 bits per heavy atom. The van der Waals surface area contributed by atoms with Gasteiger partial charge in [0.2, 0.25) is 12.4 Å². The second-order valence-corrected chi connectivity index (χ2v) is 11.0. The minimum absolute atomic E-state index is 0.132. The third kappa shape index (κ3) is 11.1. The van der Waals surface area contributed by atoms with E-state index in [2.05, 4.69) is 5.32 Å². The van der Waals surface area contributed by atoms with E-state index in [1.165, 1.54) is 31.4 Å². The fourth-order valence-electron chi connectivity index (χ4n) is 5.03. The quantitative estimate of drug-likeness (QED) is 0.175. The second-order valence-electron chi connectivity index (χ2n) is 11.0. The zero-order valence-electron chi connectivity index (χ0n) is 29.8. The normalized spacial score (nSPS) is 19.0. The number of methoxy groups -OCH3 is 2. The maximum atomic E-state index is 14.0. The minimum atomic E-state index is -1.75. The van der Waals surface area contributed by atoms with Crippen molar-refractivity contribution in [3.63, 3.8) is 0 Å². The van der Waals surface area contributed by atoms with Crippen LogP contribution in [0.4, 0.5) is 5.69 Å². The molecule has 1 N–H and O–H groups in total. The molecule has 2 aromatic carbocycles. The van der Waals surface area contributed by atoms with Gasteiger partial charge >= 0.3 is 41.8 Å². The standard InChI is InChI=1S/C34H37NO18/c1-15(36)46-14-26-29(49-18(4)39)30(50-19(5)40)31(51-20(6)41)34(53-26)52-24-11-9-21(47-16(2)37)13-22(24)32(42)35-23-10-12-25(48-17(3)38)28(44-7)27(23)33(43)45-8/h9-13,26,29-31,34H,14H2,1-8H3,(H,35,42)/t26-,29-,30+,31-,34-/m1/s1. The van der Waals surface area contributed by atoms with Crippen molar-refractivity contribution >= 4 is 53.4 Å². The summed E-state index contributed by atoms with van der Waals surface area (Å²) in [5.74, 6) is -7.74. The average molecular weight is 748 g/mol. The number of hydrogen-bond acceptors (Lipinski definition) is 18. The molecular weight excluding hydrogens is 710 g/mol. The summed E-state index contributed by atoms with van der Waals surface area (Å²) in [6.07, 6.45) is -7.89. The number of carbonyl (C=O) groups excluding carboxylic acids is 8. The molecule has 3 rings (SSSR count). The van der Waals surface area contributed by atoms with Gasteiger partial charge in [0.15, 0.2) is 23.7 Å². The van der Waals surface area contributed by atoms with Gasteiger partial charge in [-0.25, -0.2) is 4.79 Å². The van der Waals surface area contributed by atoms with Gasteiger partial charge < -0.3 is 52.7 Å². The monoisotopic (exact) mass is 747 g/mol. The Bertz CT molecular complexity index is 1770. The van der Waals surface area contributed by atoms with Crippen molar-refractivity contribution in [3.8, 4) is 23.0 Å². The van der Waals surface area contributed by atoms with Gasteiger partial charge in [-0.1, -0.05) is 0 Å². The number of benzene rings is 2. The molecule has 19 nitrogen and oxygen atoms in total. The van der Waals surface area contributed by atoms with Crippen molar-refractivity contribution in [2.45, 2.75) is 72.2 Å². The first-order valence-electron chi connectivity index (χ1n) is 15.5. The summed E-state index contributed by atoms with van der Waals surface area (Å²) in [6, 6.07) is 6.00. The van der Waals surface area contributed by atoms with Crippen LogP contribution in [0.3, 0.4) is 0 Å². The van der Waals surface area contributed by atoms with Gasteiger partial charge in [0.1, 0.15) is 29.8 Å². The molecule has 0 unspecified atom stereocenters. The minimum Gasteiger partial charge on any atom is -0.492 e. The van der Waals surface area contributed by atoms with E-state index in [9.17, 15) is 38.4 Å². The Morgan fingerprint density at radius 2 is 1.26 bits per heavy atom. The van der Waals surface area contributed by atoms with Gasteiger partial charge in [-0.15, -0.1) is 0 Å². The Labute approximate surface area is 301 Å². The van der Waals surface area contributed by atoms with Crippen LogP contribution in [-0.4, -0.2) is 99.2 Å². The first kappa shape index (κ1) is 41.2. The summed E-state index contributed by atoms with van der Waals surface area (Å²) in [4.78, 5) is 98.7. The molecule has 1 aliphatic rings. The maximum absolute atomic E-state index is 14.0. The number of amides is 1. The van der Waals surface area contributed by atoms with Gasteiger partial charge in [-0.05, 0) is 30.3 Å². The largest absolute Gasteiger partial charge is 0.492 e. The number of carbonyl (C=O) groups is 8. The van der Waals surface area contributed by atoms with E-state index in [0.29, 0.717) is 0 Å². The van der Waals surface area contributed by atoms with Crippen LogP contribution < -0.4 is 24.3 Å². The lowest BCUT2D eigenvalue weighted by Gasteiger charge is -2.44. The number of nitrogens with one attached hydrogen (secondary N) is 1. The Kier molecular flexibility index (Phi) is 14.2. The van der Waals surface area contributed by atoms with Crippen LogP contribution in [0.15, 0.2) is 30.3 Å². The fraction of sp³-hybridized carbons (Fsp3) is 0.412. The number of anilines is 1. The molecule has 1 saturated heterocycles. The van der Waals surface area contributed by atoms with E-state index in [-0.39, 0.29) is 39.8 Å². The van der Waals surface area contributed by atoms with Crippen molar-refractivity contribution in [1.82, 2.24) is 0 Å². The maximum Gasteiger partial charge on any atom is 0.343 e.